The zero-order chi connectivity index (χ0) is 33.5. The van der Waals surface area contributed by atoms with Gasteiger partial charge in [0.25, 0.3) is 23.6 Å². The van der Waals surface area contributed by atoms with Crippen molar-refractivity contribution < 1.29 is 33.4 Å². The minimum Gasteiger partial charge on any atom is -0.457 e. The number of fused-ring (bicyclic) bond motifs is 2. The van der Waals surface area contributed by atoms with Gasteiger partial charge in [0.05, 0.1) is 33.6 Å². The molecule has 0 spiro atoms. The van der Waals surface area contributed by atoms with E-state index in [1.54, 1.807) is 109 Å². The van der Waals surface area contributed by atoms with E-state index in [-0.39, 0.29) is 22.3 Å². The van der Waals surface area contributed by atoms with Crippen molar-refractivity contribution >= 4 is 35.0 Å². The zero-order valence-electron chi connectivity index (χ0n) is 25.6. The van der Waals surface area contributed by atoms with Crippen LogP contribution >= 0.6 is 0 Å². The van der Waals surface area contributed by atoms with Crippen LogP contribution in [0.4, 0.5) is 11.4 Å². The van der Waals surface area contributed by atoms with Gasteiger partial charge in [-0.2, -0.15) is 0 Å². The number of rotatable bonds is 8. The van der Waals surface area contributed by atoms with Gasteiger partial charge in [0.15, 0.2) is 0 Å². The molecule has 0 aromatic heterocycles. The number of hydrogen-bond acceptors (Lipinski definition) is 7. The first-order valence-electron chi connectivity index (χ1n) is 15.3. The van der Waals surface area contributed by atoms with E-state index in [0.29, 0.717) is 45.9 Å². The van der Waals surface area contributed by atoms with Crippen molar-refractivity contribution in [1.29, 1.82) is 0 Å². The average molecular weight is 645 g/mol. The van der Waals surface area contributed by atoms with Gasteiger partial charge in [-0.1, -0.05) is 48.5 Å². The number of carbonyl (C=O) groups is 4. The van der Waals surface area contributed by atoms with E-state index in [1.165, 1.54) is 0 Å². The van der Waals surface area contributed by atoms with Gasteiger partial charge in [0.2, 0.25) is 0 Å². The van der Waals surface area contributed by atoms with Crippen LogP contribution in [0, 0.1) is 0 Å². The highest BCUT2D eigenvalue weighted by molar-refractivity contribution is 6.36. The Balaban J connectivity index is 0.969. The average Bonchev–Trinajstić information content (AvgIpc) is 3.55. The molecule has 236 valence electrons. The summed E-state index contributed by atoms with van der Waals surface area (Å²) in [4.78, 5) is 55.8. The Morgan fingerprint density at radius 1 is 0.327 bits per heavy atom. The second-order valence-electron chi connectivity index (χ2n) is 11.2. The van der Waals surface area contributed by atoms with Crippen LogP contribution in [0.2, 0.25) is 0 Å². The fourth-order valence-corrected chi connectivity index (χ4v) is 5.84. The molecule has 6 aromatic carbocycles. The number of ether oxygens (including phenoxy) is 3. The van der Waals surface area contributed by atoms with Gasteiger partial charge in [0.1, 0.15) is 34.5 Å². The third-order valence-electron chi connectivity index (χ3n) is 8.12. The largest absolute Gasteiger partial charge is 0.457 e. The second-order valence-corrected chi connectivity index (χ2v) is 11.2. The molecule has 0 bridgehead atoms. The standard InChI is InChI=1S/C40H24N2O7/c43-37-31-13-7-15-33(48-27-9-3-1-4-10-27)35(31)39(45)41(37)25-17-21-29(22-18-25)47-30-23-19-26(20-24-30)42-38(44)32-14-8-16-34(36(32)40(42)46)49-28-11-5-2-6-12-28/h1-24H. The highest BCUT2D eigenvalue weighted by Crippen LogP contribution is 2.39. The van der Waals surface area contributed by atoms with E-state index in [9.17, 15) is 19.2 Å². The summed E-state index contributed by atoms with van der Waals surface area (Å²) < 4.78 is 17.9. The summed E-state index contributed by atoms with van der Waals surface area (Å²) in [7, 11) is 0. The molecule has 9 heteroatoms. The van der Waals surface area contributed by atoms with E-state index in [1.807, 2.05) is 36.4 Å². The summed E-state index contributed by atoms with van der Waals surface area (Å²) >= 11 is 0. The number of carbonyl (C=O) groups excluding carboxylic acids is 4. The number of para-hydroxylation sites is 2. The van der Waals surface area contributed by atoms with Crippen LogP contribution in [0.25, 0.3) is 0 Å². The molecule has 0 saturated carbocycles. The molecule has 0 saturated heterocycles. The molecular weight excluding hydrogens is 620 g/mol. The first-order chi connectivity index (χ1) is 24.0. The molecule has 6 aromatic rings. The smallest absolute Gasteiger partial charge is 0.269 e. The molecular formula is C40H24N2O7. The molecule has 0 aliphatic carbocycles. The van der Waals surface area contributed by atoms with Crippen molar-refractivity contribution in [3.05, 3.63) is 168 Å². The molecule has 0 N–H and O–H groups in total. The molecule has 8 rings (SSSR count). The maximum atomic E-state index is 13.5. The molecule has 2 heterocycles. The summed E-state index contributed by atoms with van der Waals surface area (Å²) in [5, 5.41) is 0. The van der Waals surface area contributed by atoms with E-state index >= 15 is 0 Å². The predicted octanol–water partition coefficient (Wildman–Crippen LogP) is 8.66. The molecule has 2 aliphatic heterocycles. The Labute approximate surface area is 280 Å². The number of imide groups is 2. The third kappa shape index (κ3) is 5.25. The van der Waals surface area contributed by atoms with Crippen molar-refractivity contribution in [2.45, 2.75) is 0 Å². The summed E-state index contributed by atoms with van der Waals surface area (Å²) in [5.74, 6) is 0.736. The van der Waals surface area contributed by atoms with Crippen LogP contribution in [-0.2, 0) is 0 Å². The van der Waals surface area contributed by atoms with Gasteiger partial charge < -0.3 is 14.2 Å². The lowest BCUT2D eigenvalue weighted by molar-refractivity contribution is 0.0909. The van der Waals surface area contributed by atoms with E-state index < -0.39 is 23.6 Å². The van der Waals surface area contributed by atoms with Crippen molar-refractivity contribution in [2.24, 2.45) is 0 Å². The van der Waals surface area contributed by atoms with Crippen molar-refractivity contribution in [3.8, 4) is 34.5 Å². The van der Waals surface area contributed by atoms with Gasteiger partial charge in [-0.05, 0) is 97.1 Å². The monoisotopic (exact) mass is 644 g/mol. The number of anilines is 2. The molecule has 49 heavy (non-hydrogen) atoms. The van der Waals surface area contributed by atoms with Gasteiger partial charge in [-0.15, -0.1) is 0 Å². The van der Waals surface area contributed by atoms with Crippen molar-refractivity contribution in [1.82, 2.24) is 0 Å². The van der Waals surface area contributed by atoms with Crippen LogP contribution in [0.15, 0.2) is 146 Å². The highest BCUT2D eigenvalue weighted by atomic mass is 16.5. The van der Waals surface area contributed by atoms with Gasteiger partial charge >= 0.3 is 0 Å². The number of amides is 4. The zero-order valence-corrected chi connectivity index (χ0v) is 25.6. The minimum absolute atomic E-state index is 0.203. The Hall–Kier alpha value is -7.00. The SMILES string of the molecule is O=C1c2cccc(Oc3ccccc3)c2C(=O)N1c1ccc(Oc2ccc(N3C(=O)c4cccc(Oc5ccccc5)c4C3=O)cc2)cc1. The molecule has 4 amide bonds. The van der Waals surface area contributed by atoms with Crippen LogP contribution in [0.1, 0.15) is 41.4 Å². The van der Waals surface area contributed by atoms with E-state index in [4.69, 9.17) is 14.2 Å². The lowest BCUT2D eigenvalue weighted by Gasteiger charge is -2.16. The second kappa shape index (κ2) is 12.0. The van der Waals surface area contributed by atoms with Crippen LogP contribution in [0.3, 0.4) is 0 Å². The highest BCUT2D eigenvalue weighted by Gasteiger charge is 2.40. The number of nitrogens with zero attached hydrogens (tertiary/aromatic N) is 2. The Bertz CT molecular complexity index is 2110. The molecule has 0 fully saturated rings. The third-order valence-corrected chi connectivity index (χ3v) is 8.12. The van der Waals surface area contributed by atoms with Crippen LogP contribution in [0.5, 0.6) is 34.5 Å². The van der Waals surface area contributed by atoms with E-state index in [2.05, 4.69) is 0 Å². The van der Waals surface area contributed by atoms with Crippen LogP contribution in [-0.4, -0.2) is 23.6 Å². The topological polar surface area (TPSA) is 102 Å². The lowest BCUT2D eigenvalue weighted by atomic mass is 10.1. The minimum atomic E-state index is -0.484. The van der Waals surface area contributed by atoms with Crippen LogP contribution < -0.4 is 24.0 Å². The summed E-state index contributed by atoms with van der Waals surface area (Å²) in [6.45, 7) is 0. The number of benzene rings is 6. The maximum absolute atomic E-state index is 13.5. The predicted molar refractivity (Wildman–Crippen MR) is 181 cm³/mol. The summed E-state index contributed by atoms with van der Waals surface area (Å²) in [5.41, 5.74) is 1.68. The summed E-state index contributed by atoms with van der Waals surface area (Å²) in [6.07, 6.45) is 0. The molecule has 0 atom stereocenters. The van der Waals surface area contributed by atoms with Crippen molar-refractivity contribution in [3.63, 3.8) is 0 Å². The first-order valence-corrected chi connectivity index (χ1v) is 15.3. The normalized spacial score (nSPS) is 13.4. The number of hydrogen-bond donors (Lipinski definition) is 0. The Morgan fingerprint density at radius 2 is 0.694 bits per heavy atom. The molecule has 0 unspecified atom stereocenters. The molecule has 9 nitrogen and oxygen atoms in total. The van der Waals surface area contributed by atoms with Gasteiger partial charge in [0, 0.05) is 0 Å². The fourth-order valence-electron chi connectivity index (χ4n) is 5.84. The van der Waals surface area contributed by atoms with Crippen molar-refractivity contribution in [2.75, 3.05) is 9.80 Å². The summed E-state index contributed by atoms with van der Waals surface area (Å²) in [6, 6.07) is 41.1. The fraction of sp³-hybridized carbons (Fsp3) is 0. The lowest BCUT2D eigenvalue weighted by Crippen LogP contribution is -2.29. The first kappa shape index (κ1) is 29.4. The Kier molecular flexibility index (Phi) is 7.19. The van der Waals surface area contributed by atoms with E-state index in [0.717, 1.165) is 9.80 Å². The molecule has 0 radical (unpaired) electrons. The van der Waals surface area contributed by atoms with Gasteiger partial charge in [-0.3, -0.25) is 19.2 Å². The quantitative estimate of drug-likeness (QED) is 0.153. The van der Waals surface area contributed by atoms with Gasteiger partial charge in [-0.25, -0.2) is 9.80 Å². The maximum Gasteiger partial charge on any atom is 0.269 e. The molecule has 2 aliphatic rings. The Morgan fingerprint density at radius 3 is 1.08 bits per heavy atom.